The van der Waals surface area contributed by atoms with Crippen LogP contribution in [0.3, 0.4) is 0 Å². The number of nitrogens with two attached hydrogens (primary N) is 1. The highest BCUT2D eigenvalue weighted by atomic mass is 32.1. The standard InChI is InChI=1S/C11H18N4OS/c1-13-10(16)8-9(12)14-17-11(8)15-6-4-2-3-5-7-15/h2-7H2,1H3,(H2,12,14)(H,13,16). The molecule has 0 aliphatic carbocycles. The molecule has 1 aromatic heterocycles. The molecule has 5 nitrogen and oxygen atoms in total. The Morgan fingerprint density at radius 3 is 2.59 bits per heavy atom. The van der Waals surface area contributed by atoms with Crippen molar-refractivity contribution in [1.82, 2.24) is 9.69 Å². The Hall–Kier alpha value is -1.30. The van der Waals surface area contributed by atoms with Crippen LogP contribution >= 0.6 is 11.5 Å². The van der Waals surface area contributed by atoms with Gasteiger partial charge < -0.3 is 16.0 Å². The predicted octanol–water partition coefficient (Wildman–Crippen LogP) is 1.47. The van der Waals surface area contributed by atoms with E-state index in [0.717, 1.165) is 18.1 Å². The van der Waals surface area contributed by atoms with Gasteiger partial charge in [-0.15, -0.1) is 0 Å². The number of anilines is 2. The van der Waals surface area contributed by atoms with Crippen molar-refractivity contribution in [3.8, 4) is 0 Å². The molecule has 0 spiro atoms. The van der Waals surface area contributed by atoms with Crippen LogP contribution in [-0.2, 0) is 0 Å². The minimum atomic E-state index is -0.143. The molecule has 1 aliphatic rings. The molecule has 94 valence electrons. The molecule has 1 fully saturated rings. The van der Waals surface area contributed by atoms with Crippen LogP contribution in [0.2, 0.25) is 0 Å². The molecule has 0 radical (unpaired) electrons. The smallest absolute Gasteiger partial charge is 0.257 e. The van der Waals surface area contributed by atoms with Gasteiger partial charge in [0.15, 0.2) is 5.82 Å². The third kappa shape index (κ3) is 2.52. The number of rotatable bonds is 2. The number of amides is 1. The molecule has 2 rings (SSSR count). The lowest BCUT2D eigenvalue weighted by Crippen LogP contribution is -2.27. The zero-order chi connectivity index (χ0) is 12.3. The third-order valence-corrected chi connectivity index (χ3v) is 3.97. The fourth-order valence-electron chi connectivity index (χ4n) is 2.12. The van der Waals surface area contributed by atoms with Crippen molar-refractivity contribution in [2.45, 2.75) is 25.7 Å². The number of aromatic nitrogens is 1. The maximum absolute atomic E-state index is 11.8. The van der Waals surface area contributed by atoms with Gasteiger partial charge in [-0.3, -0.25) is 4.79 Å². The van der Waals surface area contributed by atoms with Gasteiger partial charge in [0.25, 0.3) is 5.91 Å². The minimum Gasteiger partial charge on any atom is -0.382 e. The van der Waals surface area contributed by atoms with Crippen LogP contribution in [0.15, 0.2) is 0 Å². The maximum Gasteiger partial charge on any atom is 0.257 e. The largest absolute Gasteiger partial charge is 0.382 e. The second-order valence-electron chi connectivity index (χ2n) is 4.23. The van der Waals surface area contributed by atoms with Gasteiger partial charge in [0.1, 0.15) is 10.6 Å². The molecule has 2 heterocycles. The summed E-state index contributed by atoms with van der Waals surface area (Å²) in [4.78, 5) is 14.0. The molecule has 0 aromatic carbocycles. The lowest BCUT2D eigenvalue weighted by Gasteiger charge is -2.21. The van der Waals surface area contributed by atoms with Crippen molar-refractivity contribution in [2.75, 3.05) is 30.8 Å². The molecular formula is C11H18N4OS. The highest BCUT2D eigenvalue weighted by Gasteiger charge is 2.23. The number of nitrogens with one attached hydrogen (secondary N) is 1. The average Bonchev–Trinajstić information content (AvgIpc) is 2.57. The van der Waals surface area contributed by atoms with Gasteiger partial charge in [0.05, 0.1) is 0 Å². The first-order valence-corrected chi connectivity index (χ1v) is 6.73. The van der Waals surface area contributed by atoms with E-state index >= 15 is 0 Å². The van der Waals surface area contributed by atoms with Crippen molar-refractivity contribution in [3.05, 3.63) is 5.56 Å². The summed E-state index contributed by atoms with van der Waals surface area (Å²) in [7, 11) is 1.62. The van der Waals surface area contributed by atoms with E-state index in [-0.39, 0.29) is 5.91 Å². The number of nitrogens with zero attached hydrogens (tertiary/aromatic N) is 2. The van der Waals surface area contributed by atoms with Crippen LogP contribution < -0.4 is 16.0 Å². The molecule has 0 atom stereocenters. The molecule has 1 amide bonds. The van der Waals surface area contributed by atoms with E-state index < -0.39 is 0 Å². The van der Waals surface area contributed by atoms with Gasteiger partial charge in [0.2, 0.25) is 0 Å². The van der Waals surface area contributed by atoms with Crippen LogP contribution in [0.4, 0.5) is 10.8 Å². The average molecular weight is 254 g/mol. The van der Waals surface area contributed by atoms with Crippen molar-refractivity contribution < 1.29 is 4.79 Å². The molecule has 1 aromatic rings. The van der Waals surface area contributed by atoms with E-state index in [1.54, 1.807) is 7.05 Å². The Balaban J connectivity index is 2.27. The summed E-state index contributed by atoms with van der Waals surface area (Å²) in [6.45, 7) is 1.98. The number of hydrogen-bond acceptors (Lipinski definition) is 5. The first-order chi connectivity index (χ1) is 8.24. The van der Waals surface area contributed by atoms with Gasteiger partial charge in [-0.2, -0.15) is 4.37 Å². The fraction of sp³-hybridized carbons (Fsp3) is 0.636. The SMILES string of the molecule is CNC(=O)c1c(N)nsc1N1CCCCCC1. The second kappa shape index (κ2) is 5.35. The number of hydrogen-bond donors (Lipinski definition) is 2. The van der Waals surface area contributed by atoms with E-state index in [4.69, 9.17) is 5.73 Å². The highest BCUT2D eigenvalue weighted by molar-refractivity contribution is 7.11. The Morgan fingerprint density at radius 2 is 2.00 bits per heavy atom. The monoisotopic (exact) mass is 254 g/mol. The molecule has 0 saturated carbocycles. The molecule has 0 unspecified atom stereocenters. The summed E-state index contributed by atoms with van der Waals surface area (Å²) >= 11 is 1.33. The summed E-state index contributed by atoms with van der Waals surface area (Å²) < 4.78 is 4.11. The van der Waals surface area contributed by atoms with Crippen LogP contribution in [-0.4, -0.2) is 30.4 Å². The van der Waals surface area contributed by atoms with Crippen molar-refractivity contribution >= 4 is 28.3 Å². The van der Waals surface area contributed by atoms with E-state index in [9.17, 15) is 4.79 Å². The van der Waals surface area contributed by atoms with Crippen LogP contribution in [0.1, 0.15) is 36.0 Å². The molecular weight excluding hydrogens is 236 g/mol. The van der Waals surface area contributed by atoms with Crippen LogP contribution in [0.25, 0.3) is 0 Å². The summed E-state index contributed by atoms with van der Waals surface area (Å²) in [5, 5.41) is 3.54. The van der Waals surface area contributed by atoms with Crippen molar-refractivity contribution in [1.29, 1.82) is 0 Å². The first-order valence-electron chi connectivity index (χ1n) is 5.96. The maximum atomic E-state index is 11.8. The van der Waals surface area contributed by atoms with Crippen molar-refractivity contribution in [2.24, 2.45) is 0 Å². The van der Waals surface area contributed by atoms with E-state index in [1.807, 2.05) is 0 Å². The Morgan fingerprint density at radius 1 is 1.35 bits per heavy atom. The normalized spacial score (nSPS) is 16.6. The van der Waals surface area contributed by atoms with Gasteiger partial charge >= 0.3 is 0 Å². The molecule has 3 N–H and O–H groups in total. The van der Waals surface area contributed by atoms with Crippen LogP contribution in [0.5, 0.6) is 0 Å². The molecule has 1 saturated heterocycles. The van der Waals surface area contributed by atoms with Crippen molar-refractivity contribution in [3.63, 3.8) is 0 Å². The Bertz CT molecular complexity index is 396. The minimum absolute atomic E-state index is 0.143. The quantitative estimate of drug-likeness (QED) is 0.838. The summed E-state index contributed by atoms with van der Waals surface area (Å²) in [5.74, 6) is 0.198. The van der Waals surface area contributed by atoms with Gasteiger partial charge in [-0.05, 0) is 24.4 Å². The molecule has 1 aliphatic heterocycles. The summed E-state index contributed by atoms with van der Waals surface area (Å²) in [5.41, 5.74) is 6.32. The van der Waals surface area contributed by atoms with Gasteiger partial charge in [0, 0.05) is 20.1 Å². The van der Waals surface area contributed by atoms with E-state index in [2.05, 4.69) is 14.6 Å². The lowest BCUT2D eigenvalue weighted by atomic mass is 10.2. The fourth-order valence-corrected chi connectivity index (χ4v) is 2.98. The summed E-state index contributed by atoms with van der Waals surface area (Å²) in [6, 6.07) is 0. The lowest BCUT2D eigenvalue weighted by molar-refractivity contribution is 0.0964. The van der Waals surface area contributed by atoms with E-state index in [0.29, 0.717) is 11.4 Å². The van der Waals surface area contributed by atoms with Crippen LogP contribution in [0, 0.1) is 0 Å². The van der Waals surface area contributed by atoms with Gasteiger partial charge in [-0.25, -0.2) is 0 Å². The Kier molecular flexibility index (Phi) is 3.83. The zero-order valence-electron chi connectivity index (χ0n) is 10.0. The topological polar surface area (TPSA) is 71.2 Å². The van der Waals surface area contributed by atoms with Gasteiger partial charge in [-0.1, -0.05) is 12.8 Å². The highest BCUT2D eigenvalue weighted by Crippen LogP contribution is 2.31. The third-order valence-electron chi connectivity index (χ3n) is 3.05. The number of carbonyl (C=O) groups excluding carboxylic acids is 1. The van der Waals surface area contributed by atoms with E-state index in [1.165, 1.54) is 37.2 Å². The predicted molar refractivity (Wildman–Crippen MR) is 70.6 cm³/mol. The molecule has 6 heteroatoms. The summed E-state index contributed by atoms with van der Waals surface area (Å²) in [6.07, 6.45) is 4.87. The zero-order valence-corrected chi connectivity index (χ0v) is 10.8. The first kappa shape index (κ1) is 12.2. The number of carbonyl (C=O) groups is 1. The Labute approximate surface area is 105 Å². The molecule has 0 bridgehead atoms. The second-order valence-corrected chi connectivity index (χ2v) is 4.98. The molecule has 17 heavy (non-hydrogen) atoms. The number of nitrogen functional groups attached to an aromatic ring is 1.